The van der Waals surface area contributed by atoms with Gasteiger partial charge in [-0.05, 0) is 0 Å². The third-order valence-electron chi connectivity index (χ3n) is 2.53. The summed E-state index contributed by atoms with van der Waals surface area (Å²) in [5.74, 6) is 0.586. The van der Waals surface area contributed by atoms with Crippen LogP contribution in [-0.4, -0.2) is 34.5 Å². The molecule has 0 saturated carbocycles. The van der Waals surface area contributed by atoms with Crippen molar-refractivity contribution in [3.8, 4) is 6.07 Å². The number of aryl methyl sites for hydroxylation is 1. The van der Waals surface area contributed by atoms with E-state index in [0.717, 1.165) is 0 Å². The van der Waals surface area contributed by atoms with E-state index in [0.29, 0.717) is 22.0 Å². The number of nitrogens with zero attached hydrogens (tertiary/aromatic N) is 8. The van der Waals surface area contributed by atoms with Crippen LogP contribution in [0.25, 0.3) is 11.0 Å². The fourth-order valence-electron chi connectivity index (χ4n) is 1.67. The van der Waals surface area contributed by atoms with Gasteiger partial charge >= 0.3 is 0 Å². The number of hydrogen-bond acceptors (Lipinski definition) is 6. The van der Waals surface area contributed by atoms with E-state index in [2.05, 4.69) is 25.1 Å². The Labute approximate surface area is 112 Å². The van der Waals surface area contributed by atoms with Crippen molar-refractivity contribution in [2.24, 2.45) is 7.05 Å². The summed E-state index contributed by atoms with van der Waals surface area (Å²) in [5, 5.41) is 17.7. The molecule has 0 saturated heterocycles. The van der Waals surface area contributed by atoms with Crippen LogP contribution in [0.5, 0.6) is 0 Å². The molecule has 0 bridgehead atoms. The van der Waals surface area contributed by atoms with Gasteiger partial charge in [0.25, 0.3) is 5.82 Å². The van der Waals surface area contributed by atoms with Crippen molar-refractivity contribution in [2.75, 3.05) is 0 Å². The summed E-state index contributed by atoms with van der Waals surface area (Å²) in [7, 11) is 1.78. The molecule has 0 atom stereocenters. The van der Waals surface area contributed by atoms with E-state index in [-0.39, 0.29) is 12.4 Å². The molecule has 0 N–H and O–H groups in total. The molecule has 0 spiro atoms. The third-order valence-corrected chi connectivity index (χ3v) is 2.82. The van der Waals surface area contributed by atoms with Crippen molar-refractivity contribution in [1.82, 2.24) is 34.5 Å². The summed E-state index contributed by atoms with van der Waals surface area (Å²) < 4.78 is 3.10. The fraction of sp³-hybridized carbons (Fsp3) is 0.200. The summed E-state index contributed by atoms with van der Waals surface area (Å²) in [4.78, 5) is 12.3. The molecule has 94 valence electrons. The normalized spacial score (nSPS) is 10.8. The minimum atomic E-state index is 0.104. The number of hydrogen-bond donors (Lipinski definition) is 0. The molecule has 0 unspecified atom stereocenters. The molecule has 19 heavy (non-hydrogen) atoms. The molecule has 0 amide bonds. The SMILES string of the molecule is Cn1ncc2c(Cl)nc(Cn3cnc(C#N)n3)nc21. The lowest BCUT2D eigenvalue weighted by Gasteiger charge is -2.02. The van der Waals surface area contributed by atoms with Crippen LogP contribution < -0.4 is 0 Å². The highest BCUT2D eigenvalue weighted by atomic mass is 35.5. The zero-order chi connectivity index (χ0) is 13.4. The maximum atomic E-state index is 8.66. The van der Waals surface area contributed by atoms with E-state index < -0.39 is 0 Å². The number of nitriles is 1. The van der Waals surface area contributed by atoms with Crippen molar-refractivity contribution in [1.29, 1.82) is 5.26 Å². The molecule has 3 heterocycles. The summed E-state index contributed by atoms with van der Waals surface area (Å²) in [5.41, 5.74) is 0.649. The van der Waals surface area contributed by atoms with Gasteiger partial charge in [0.1, 0.15) is 24.1 Å². The highest BCUT2D eigenvalue weighted by molar-refractivity contribution is 6.33. The molecular formula is C10H7ClN8. The largest absolute Gasteiger partial charge is 0.252 e. The molecule has 3 rings (SSSR count). The van der Waals surface area contributed by atoms with Crippen LogP contribution in [-0.2, 0) is 13.6 Å². The summed E-state index contributed by atoms with van der Waals surface area (Å²) >= 11 is 6.07. The zero-order valence-corrected chi connectivity index (χ0v) is 10.6. The maximum absolute atomic E-state index is 8.66. The molecule has 3 aromatic rings. The number of aromatic nitrogens is 7. The predicted octanol–water partition coefficient (Wildman–Crippen LogP) is 0.528. The highest BCUT2D eigenvalue weighted by Crippen LogP contribution is 2.19. The van der Waals surface area contributed by atoms with Crippen LogP contribution >= 0.6 is 11.6 Å². The minimum absolute atomic E-state index is 0.104. The van der Waals surface area contributed by atoms with Gasteiger partial charge < -0.3 is 0 Å². The van der Waals surface area contributed by atoms with Gasteiger partial charge in [-0.25, -0.2) is 19.6 Å². The van der Waals surface area contributed by atoms with Gasteiger partial charge in [0, 0.05) is 7.05 Å². The second-order valence-electron chi connectivity index (χ2n) is 3.81. The molecule has 0 fully saturated rings. The van der Waals surface area contributed by atoms with Gasteiger partial charge in [-0.2, -0.15) is 10.4 Å². The van der Waals surface area contributed by atoms with Crippen molar-refractivity contribution in [3.05, 3.63) is 29.3 Å². The van der Waals surface area contributed by atoms with Gasteiger partial charge in [-0.1, -0.05) is 11.6 Å². The quantitative estimate of drug-likeness (QED) is 0.632. The second kappa shape index (κ2) is 4.29. The maximum Gasteiger partial charge on any atom is 0.252 e. The van der Waals surface area contributed by atoms with Crippen LogP contribution in [0.2, 0.25) is 5.15 Å². The molecule has 0 radical (unpaired) electrons. The molecule has 0 aliphatic heterocycles. The van der Waals surface area contributed by atoms with Gasteiger partial charge in [0.05, 0.1) is 11.6 Å². The molecular weight excluding hydrogens is 268 g/mol. The Morgan fingerprint density at radius 1 is 1.42 bits per heavy atom. The standard InChI is InChI=1S/C10H7ClN8/c1-18-10-6(3-14-18)9(11)15-8(16-10)4-19-5-13-7(2-12)17-19/h3,5H,4H2,1H3. The Bertz CT molecular complexity index is 796. The van der Waals surface area contributed by atoms with Crippen LogP contribution in [0.15, 0.2) is 12.5 Å². The van der Waals surface area contributed by atoms with E-state index in [1.165, 1.54) is 11.0 Å². The number of rotatable bonds is 2. The van der Waals surface area contributed by atoms with E-state index in [1.807, 2.05) is 6.07 Å². The van der Waals surface area contributed by atoms with E-state index in [4.69, 9.17) is 16.9 Å². The van der Waals surface area contributed by atoms with E-state index in [9.17, 15) is 0 Å². The van der Waals surface area contributed by atoms with Gasteiger partial charge in [0.15, 0.2) is 11.5 Å². The Hall–Kier alpha value is -2.53. The third kappa shape index (κ3) is 2.00. The average Bonchev–Trinajstić information content (AvgIpc) is 2.98. The summed E-state index contributed by atoms with van der Waals surface area (Å²) in [6, 6.07) is 1.86. The lowest BCUT2D eigenvalue weighted by atomic mass is 10.4. The Balaban J connectivity index is 2.01. The van der Waals surface area contributed by atoms with Gasteiger partial charge in [0.2, 0.25) is 0 Å². The summed E-state index contributed by atoms with van der Waals surface area (Å²) in [6.45, 7) is 0.287. The van der Waals surface area contributed by atoms with Crippen molar-refractivity contribution in [3.63, 3.8) is 0 Å². The van der Waals surface area contributed by atoms with Crippen LogP contribution in [0.4, 0.5) is 0 Å². The first-order valence-electron chi connectivity index (χ1n) is 5.31. The Kier molecular flexibility index (Phi) is 2.61. The second-order valence-corrected chi connectivity index (χ2v) is 4.17. The first kappa shape index (κ1) is 11.6. The van der Waals surface area contributed by atoms with E-state index in [1.54, 1.807) is 17.9 Å². The zero-order valence-electron chi connectivity index (χ0n) is 9.82. The van der Waals surface area contributed by atoms with Crippen LogP contribution in [0.1, 0.15) is 11.6 Å². The van der Waals surface area contributed by atoms with Crippen molar-refractivity contribution >= 4 is 22.6 Å². The predicted molar refractivity (Wildman–Crippen MR) is 65.2 cm³/mol. The lowest BCUT2D eigenvalue weighted by Crippen LogP contribution is -2.06. The Morgan fingerprint density at radius 2 is 2.26 bits per heavy atom. The number of fused-ring (bicyclic) bond motifs is 1. The molecule has 0 aliphatic carbocycles. The highest BCUT2D eigenvalue weighted by Gasteiger charge is 2.10. The Morgan fingerprint density at radius 3 is 3.00 bits per heavy atom. The van der Waals surface area contributed by atoms with Gasteiger partial charge in [-0.15, -0.1) is 5.10 Å². The monoisotopic (exact) mass is 274 g/mol. The minimum Gasteiger partial charge on any atom is -0.250 e. The molecule has 3 aromatic heterocycles. The lowest BCUT2D eigenvalue weighted by molar-refractivity contribution is 0.651. The summed E-state index contributed by atoms with van der Waals surface area (Å²) in [6.07, 6.45) is 3.06. The first-order valence-corrected chi connectivity index (χ1v) is 5.69. The van der Waals surface area contributed by atoms with E-state index >= 15 is 0 Å². The van der Waals surface area contributed by atoms with Crippen LogP contribution in [0.3, 0.4) is 0 Å². The van der Waals surface area contributed by atoms with Crippen molar-refractivity contribution in [2.45, 2.75) is 6.54 Å². The van der Waals surface area contributed by atoms with Crippen LogP contribution in [0, 0.1) is 11.3 Å². The fourth-order valence-corrected chi connectivity index (χ4v) is 1.90. The number of halogens is 1. The molecule has 9 heteroatoms. The molecule has 8 nitrogen and oxygen atoms in total. The molecule has 0 aromatic carbocycles. The molecule has 0 aliphatic rings. The van der Waals surface area contributed by atoms with Crippen molar-refractivity contribution < 1.29 is 0 Å². The van der Waals surface area contributed by atoms with Gasteiger partial charge in [-0.3, -0.25) is 4.68 Å². The smallest absolute Gasteiger partial charge is 0.250 e. The average molecular weight is 275 g/mol. The topological polar surface area (TPSA) is 98.1 Å². The first-order chi connectivity index (χ1) is 9.17.